The van der Waals surface area contributed by atoms with Gasteiger partial charge in [0.15, 0.2) is 9.04 Å². The summed E-state index contributed by atoms with van der Waals surface area (Å²) >= 11 is 0. The first-order valence-electron chi connectivity index (χ1n) is 11.1. The molecule has 4 aromatic carbocycles. The van der Waals surface area contributed by atoms with E-state index in [1.165, 1.54) is 22.3 Å². The van der Waals surface area contributed by atoms with Crippen molar-refractivity contribution in [1.82, 2.24) is 0 Å². The first-order chi connectivity index (χ1) is 15.3. The molecule has 3 heteroatoms. The Bertz CT molecular complexity index is 860. The highest BCUT2D eigenvalue weighted by atomic mass is 28.3. The van der Waals surface area contributed by atoms with Gasteiger partial charge in [0.25, 0.3) is 0 Å². The van der Waals surface area contributed by atoms with Crippen LogP contribution in [0.25, 0.3) is 0 Å². The van der Waals surface area contributed by atoms with Gasteiger partial charge in [-0.1, -0.05) is 121 Å². The van der Waals surface area contributed by atoms with E-state index in [0.29, 0.717) is 11.8 Å². The predicted molar refractivity (Wildman–Crippen MR) is 137 cm³/mol. The van der Waals surface area contributed by atoms with E-state index >= 15 is 0 Å². The largest absolute Gasteiger partial charge is 0.465 e. The summed E-state index contributed by atoms with van der Waals surface area (Å²) in [5.41, 5.74) is 5.56. The summed E-state index contributed by atoms with van der Waals surface area (Å²) in [7, 11) is -0.652. The zero-order chi connectivity index (χ0) is 21.3. The lowest BCUT2D eigenvalue weighted by Gasteiger charge is -2.27. The van der Waals surface area contributed by atoms with Gasteiger partial charge in [0.05, 0.1) is 0 Å². The van der Waals surface area contributed by atoms with Crippen molar-refractivity contribution in [2.75, 3.05) is 0 Å². The molecule has 0 atom stereocenters. The molecule has 0 bridgehead atoms. The second-order valence-electron chi connectivity index (χ2n) is 8.08. The van der Waals surface area contributed by atoms with Gasteiger partial charge in [-0.25, -0.2) is 0 Å². The van der Waals surface area contributed by atoms with Crippen LogP contribution in [0.5, 0.6) is 0 Å². The number of hydrogen-bond donors (Lipinski definition) is 0. The van der Waals surface area contributed by atoms with Crippen LogP contribution in [0.1, 0.15) is 34.1 Å². The molecule has 0 radical (unpaired) electrons. The van der Waals surface area contributed by atoms with Gasteiger partial charge in [-0.05, 0) is 34.3 Å². The van der Waals surface area contributed by atoms with E-state index in [1.807, 2.05) is 0 Å². The summed E-state index contributed by atoms with van der Waals surface area (Å²) in [5, 5.41) is 0. The zero-order valence-corrected chi connectivity index (χ0v) is 21.3. The third kappa shape index (κ3) is 5.70. The Morgan fingerprint density at radius 2 is 0.742 bits per heavy atom. The van der Waals surface area contributed by atoms with E-state index < -0.39 is 9.04 Å². The Morgan fingerprint density at radius 1 is 0.484 bits per heavy atom. The Labute approximate surface area is 191 Å². The van der Waals surface area contributed by atoms with Crippen LogP contribution in [0, 0.1) is 0 Å². The van der Waals surface area contributed by atoms with Gasteiger partial charge in [0.2, 0.25) is 0 Å². The quantitative estimate of drug-likeness (QED) is 0.306. The van der Waals surface area contributed by atoms with E-state index in [2.05, 4.69) is 121 Å². The minimum atomic E-state index is -1.45. The van der Waals surface area contributed by atoms with Crippen LogP contribution in [0.4, 0.5) is 0 Å². The Morgan fingerprint density at radius 3 is 0.968 bits per heavy atom. The molecule has 156 valence electrons. The summed E-state index contributed by atoms with van der Waals surface area (Å²) in [6.45, 7) is 0. The smallest absolute Gasteiger partial charge is 0.164 e. The topological polar surface area (TPSA) is 9.23 Å². The molecule has 0 aliphatic rings. The zero-order valence-electron chi connectivity index (χ0n) is 18.1. The molecule has 0 saturated carbocycles. The van der Waals surface area contributed by atoms with Crippen molar-refractivity contribution in [3.8, 4) is 0 Å². The molecular formula is C28H30OSi2. The van der Waals surface area contributed by atoms with E-state index in [-0.39, 0.29) is 0 Å². The maximum atomic E-state index is 6.38. The fraction of sp³-hybridized carbons (Fsp3) is 0.143. The third-order valence-corrected chi connectivity index (χ3v) is 10.8. The van der Waals surface area contributed by atoms with Crippen molar-refractivity contribution in [2.45, 2.75) is 23.9 Å². The molecule has 0 aromatic heterocycles. The molecule has 4 rings (SSSR count). The summed E-state index contributed by atoms with van der Waals surface area (Å²) < 4.78 is 6.38. The molecule has 0 aliphatic heterocycles. The minimum absolute atomic E-state index is 0.389. The molecule has 0 saturated heterocycles. The SMILES string of the molecule is [SiH3]O[SiH](CC(c1ccccc1)c1ccccc1)CC(c1ccccc1)c1ccccc1. The minimum Gasteiger partial charge on any atom is -0.465 e. The second kappa shape index (κ2) is 11.1. The summed E-state index contributed by atoms with van der Waals surface area (Å²) in [6, 6.07) is 46.0. The standard InChI is InChI=1S/C28H30OSi2/c30-29-31(21-27(23-13-5-1-6-14-23)24-15-7-2-8-16-24)22-28(25-17-9-3-10-18-25)26-19-11-4-12-20-26/h1-20,27-28,31H,21-22H2,30H3. The highest BCUT2D eigenvalue weighted by molar-refractivity contribution is 6.56. The molecule has 31 heavy (non-hydrogen) atoms. The van der Waals surface area contributed by atoms with Gasteiger partial charge in [-0.3, -0.25) is 0 Å². The molecule has 0 unspecified atom stereocenters. The fourth-order valence-electron chi connectivity index (χ4n) is 4.49. The number of benzene rings is 4. The highest BCUT2D eigenvalue weighted by Gasteiger charge is 2.25. The monoisotopic (exact) mass is 438 g/mol. The van der Waals surface area contributed by atoms with Gasteiger partial charge in [-0.15, -0.1) is 0 Å². The van der Waals surface area contributed by atoms with E-state index in [9.17, 15) is 0 Å². The lowest BCUT2D eigenvalue weighted by atomic mass is 9.93. The predicted octanol–water partition coefficient (Wildman–Crippen LogP) is 5.67. The van der Waals surface area contributed by atoms with Gasteiger partial charge < -0.3 is 4.12 Å². The number of hydrogen-bond acceptors (Lipinski definition) is 1. The lowest BCUT2D eigenvalue weighted by Crippen LogP contribution is -2.24. The van der Waals surface area contributed by atoms with Crippen LogP contribution in [0.2, 0.25) is 12.1 Å². The molecule has 0 fully saturated rings. The second-order valence-corrected chi connectivity index (χ2v) is 12.1. The van der Waals surface area contributed by atoms with Crippen molar-refractivity contribution < 1.29 is 4.12 Å². The Hall–Kier alpha value is -2.73. The summed E-state index contributed by atoms with van der Waals surface area (Å²) in [5.74, 6) is 0.778. The van der Waals surface area contributed by atoms with Crippen LogP contribution in [0.15, 0.2) is 121 Å². The molecule has 0 spiro atoms. The summed E-state index contributed by atoms with van der Waals surface area (Å²) in [4.78, 5) is 0. The van der Waals surface area contributed by atoms with Crippen molar-refractivity contribution in [1.29, 1.82) is 0 Å². The van der Waals surface area contributed by atoms with Gasteiger partial charge in [0, 0.05) is 11.8 Å². The van der Waals surface area contributed by atoms with Gasteiger partial charge in [-0.2, -0.15) is 0 Å². The Balaban J connectivity index is 1.63. The van der Waals surface area contributed by atoms with Crippen LogP contribution in [0.3, 0.4) is 0 Å². The van der Waals surface area contributed by atoms with Crippen molar-refractivity contribution in [3.05, 3.63) is 144 Å². The highest BCUT2D eigenvalue weighted by Crippen LogP contribution is 2.35. The van der Waals surface area contributed by atoms with Crippen LogP contribution < -0.4 is 0 Å². The van der Waals surface area contributed by atoms with E-state index in [4.69, 9.17) is 4.12 Å². The van der Waals surface area contributed by atoms with Crippen LogP contribution >= 0.6 is 0 Å². The molecule has 0 amide bonds. The molecule has 1 nitrogen and oxygen atoms in total. The lowest BCUT2D eigenvalue weighted by molar-refractivity contribution is 0.605. The first kappa shape index (κ1) is 21.5. The first-order valence-corrected chi connectivity index (χ1v) is 14.0. The third-order valence-electron chi connectivity index (χ3n) is 6.14. The van der Waals surface area contributed by atoms with Crippen molar-refractivity contribution in [2.24, 2.45) is 0 Å². The van der Waals surface area contributed by atoms with Crippen LogP contribution in [-0.4, -0.2) is 19.5 Å². The average molecular weight is 439 g/mol. The van der Waals surface area contributed by atoms with Gasteiger partial charge >= 0.3 is 0 Å². The maximum absolute atomic E-state index is 6.38. The maximum Gasteiger partial charge on any atom is 0.164 e. The molecule has 0 aliphatic carbocycles. The normalized spacial score (nSPS) is 11.5. The van der Waals surface area contributed by atoms with Crippen molar-refractivity contribution >= 4 is 19.5 Å². The number of rotatable bonds is 9. The molecule has 0 N–H and O–H groups in total. The van der Waals surface area contributed by atoms with Crippen LogP contribution in [-0.2, 0) is 4.12 Å². The Kier molecular flexibility index (Phi) is 7.67. The molecule has 4 aromatic rings. The van der Waals surface area contributed by atoms with E-state index in [1.54, 1.807) is 0 Å². The van der Waals surface area contributed by atoms with Gasteiger partial charge in [0.1, 0.15) is 10.5 Å². The fourth-order valence-corrected chi connectivity index (χ4v) is 8.36. The van der Waals surface area contributed by atoms with E-state index in [0.717, 1.165) is 22.6 Å². The average Bonchev–Trinajstić information content (AvgIpc) is 2.86. The summed E-state index contributed by atoms with van der Waals surface area (Å²) in [6.07, 6.45) is 0. The molecular weight excluding hydrogens is 408 g/mol. The van der Waals surface area contributed by atoms with Crippen molar-refractivity contribution in [3.63, 3.8) is 0 Å². The molecule has 0 heterocycles.